The molecule has 0 fully saturated rings. The molecule has 0 aromatic rings. The van der Waals surface area contributed by atoms with Crippen LogP contribution in [0.4, 0.5) is 0 Å². The third-order valence-corrected chi connectivity index (χ3v) is 2.60. The first-order chi connectivity index (χ1) is 6.58. The van der Waals surface area contributed by atoms with Crippen LogP contribution in [-0.4, -0.2) is 29.4 Å². The third kappa shape index (κ3) is 2.58. The summed E-state index contributed by atoms with van der Waals surface area (Å²) in [7, 11) is 0. The minimum Gasteiger partial charge on any atom is -0.337 e. The number of nitrogens with two attached hydrogens (primary N) is 1. The van der Waals surface area contributed by atoms with Crippen LogP contribution in [0.2, 0.25) is 0 Å². The van der Waals surface area contributed by atoms with Crippen molar-refractivity contribution in [3.8, 4) is 0 Å². The van der Waals surface area contributed by atoms with Crippen LogP contribution in [-0.2, 0) is 4.79 Å². The lowest BCUT2D eigenvalue weighted by Gasteiger charge is -2.32. The molecule has 3 nitrogen and oxygen atoms in total. The molecule has 0 saturated carbocycles. The molecule has 80 valence electrons. The van der Waals surface area contributed by atoms with Gasteiger partial charge in [0.05, 0.1) is 5.54 Å². The van der Waals surface area contributed by atoms with E-state index in [1.165, 1.54) is 0 Å². The van der Waals surface area contributed by atoms with E-state index in [1.54, 1.807) is 0 Å². The van der Waals surface area contributed by atoms with Crippen LogP contribution in [0.1, 0.15) is 33.1 Å². The van der Waals surface area contributed by atoms with E-state index in [0.717, 1.165) is 32.4 Å². The van der Waals surface area contributed by atoms with E-state index in [-0.39, 0.29) is 5.91 Å². The number of amides is 1. The SMILES string of the molecule is CCCC(C)(N)C(=O)N1CC=CCC1. The molecule has 1 unspecified atom stereocenters. The summed E-state index contributed by atoms with van der Waals surface area (Å²) in [4.78, 5) is 13.8. The largest absolute Gasteiger partial charge is 0.337 e. The number of carbonyl (C=O) groups is 1. The van der Waals surface area contributed by atoms with Gasteiger partial charge in [0, 0.05) is 13.1 Å². The Bertz CT molecular complexity index is 233. The molecule has 1 aliphatic heterocycles. The Kier molecular flexibility index (Phi) is 3.69. The van der Waals surface area contributed by atoms with Crippen LogP contribution in [0.3, 0.4) is 0 Å². The fourth-order valence-electron chi connectivity index (χ4n) is 1.81. The summed E-state index contributed by atoms with van der Waals surface area (Å²) in [5, 5.41) is 0. The second-order valence-corrected chi connectivity index (χ2v) is 4.18. The van der Waals surface area contributed by atoms with E-state index in [1.807, 2.05) is 17.9 Å². The average Bonchev–Trinajstić information content (AvgIpc) is 2.18. The van der Waals surface area contributed by atoms with Gasteiger partial charge in [-0.05, 0) is 19.8 Å². The van der Waals surface area contributed by atoms with Crippen molar-refractivity contribution in [3.05, 3.63) is 12.2 Å². The number of hydrogen-bond acceptors (Lipinski definition) is 2. The Labute approximate surface area is 86.0 Å². The summed E-state index contributed by atoms with van der Waals surface area (Å²) >= 11 is 0. The third-order valence-electron chi connectivity index (χ3n) is 2.60. The Balaban J connectivity index is 2.59. The molecule has 1 aliphatic rings. The summed E-state index contributed by atoms with van der Waals surface area (Å²) in [6.07, 6.45) is 6.79. The van der Waals surface area contributed by atoms with Gasteiger partial charge in [-0.15, -0.1) is 0 Å². The van der Waals surface area contributed by atoms with Gasteiger partial charge in [-0.3, -0.25) is 4.79 Å². The molecule has 1 atom stereocenters. The maximum atomic E-state index is 12.0. The van der Waals surface area contributed by atoms with Gasteiger partial charge in [0.2, 0.25) is 5.91 Å². The van der Waals surface area contributed by atoms with Gasteiger partial charge in [0.1, 0.15) is 0 Å². The number of carbonyl (C=O) groups excluding carboxylic acids is 1. The van der Waals surface area contributed by atoms with E-state index >= 15 is 0 Å². The molecule has 0 aliphatic carbocycles. The van der Waals surface area contributed by atoms with Crippen molar-refractivity contribution in [2.24, 2.45) is 5.73 Å². The molecule has 1 rings (SSSR count). The van der Waals surface area contributed by atoms with Crippen molar-refractivity contribution in [3.63, 3.8) is 0 Å². The fourth-order valence-corrected chi connectivity index (χ4v) is 1.81. The maximum absolute atomic E-state index is 12.0. The zero-order chi connectivity index (χ0) is 10.6. The molecule has 1 heterocycles. The minimum atomic E-state index is -0.681. The highest BCUT2D eigenvalue weighted by molar-refractivity contribution is 5.85. The summed E-state index contributed by atoms with van der Waals surface area (Å²) in [6.45, 7) is 5.41. The zero-order valence-corrected chi connectivity index (χ0v) is 9.12. The van der Waals surface area contributed by atoms with Gasteiger partial charge in [-0.1, -0.05) is 25.5 Å². The molecule has 0 bridgehead atoms. The fraction of sp³-hybridized carbons (Fsp3) is 0.727. The molecule has 0 aromatic carbocycles. The van der Waals surface area contributed by atoms with Gasteiger partial charge < -0.3 is 10.6 Å². The van der Waals surface area contributed by atoms with Gasteiger partial charge >= 0.3 is 0 Å². The number of nitrogens with zero attached hydrogens (tertiary/aromatic N) is 1. The van der Waals surface area contributed by atoms with Crippen molar-refractivity contribution >= 4 is 5.91 Å². The molecule has 3 heteroatoms. The van der Waals surface area contributed by atoms with Crippen LogP contribution in [0.5, 0.6) is 0 Å². The van der Waals surface area contributed by atoms with Crippen LogP contribution in [0, 0.1) is 0 Å². The monoisotopic (exact) mass is 196 g/mol. The molecule has 1 amide bonds. The highest BCUT2D eigenvalue weighted by Gasteiger charge is 2.31. The first-order valence-electron chi connectivity index (χ1n) is 5.31. The molecular formula is C11H20N2O. The Morgan fingerprint density at radius 1 is 1.57 bits per heavy atom. The summed E-state index contributed by atoms with van der Waals surface area (Å²) < 4.78 is 0. The van der Waals surface area contributed by atoms with E-state index in [4.69, 9.17) is 5.73 Å². The molecular weight excluding hydrogens is 176 g/mol. The minimum absolute atomic E-state index is 0.0868. The normalized spacial score (nSPS) is 20.6. The average molecular weight is 196 g/mol. The van der Waals surface area contributed by atoms with Crippen LogP contribution >= 0.6 is 0 Å². The molecule has 14 heavy (non-hydrogen) atoms. The lowest BCUT2D eigenvalue weighted by molar-refractivity contribution is -0.136. The maximum Gasteiger partial charge on any atom is 0.242 e. The lowest BCUT2D eigenvalue weighted by Crippen LogP contribution is -2.53. The van der Waals surface area contributed by atoms with Crippen LogP contribution in [0.15, 0.2) is 12.2 Å². The summed E-state index contributed by atoms with van der Waals surface area (Å²) in [5.74, 6) is 0.0868. The van der Waals surface area contributed by atoms with Crippen molar-refractivity contribution in [1.29, 1.82) is 0 Å². The molecule has 0 saturated heterocycles. The summed E-state index contributed by atoms with van der Waals surface area (Å²) in [6, 6.07) is 0. The zero-order valence-electron chi connectivity index (χ0n) is 9.12. The lowest BCUT2D eigenvalue weighted by atomic mass is 9.95. The molecule has 2 N–H and O–H groups in total. The predicted molar refractivity (Wildman–Crippen MR) is 57.8 cm³/mol. The highest BCUT2D eigenvalue weighted by Crippen LogP contribution is 2.14. The first kappa shape index (κ1) is 11.2. The number of rotatable bonds is 3. The predicted octanol–water partition coefficient (Wildman–Crippen LogP) is 1.29. The smallest absolute Gasteiger partial charge is 0.242 e. The van der Waals surface area contributed by atoms with E-state index in [0.29, 0.717) is 0 Å². The Morgan fingerprint density at radius 2 is 2.29 bits per heavy atom. The second kappa shape index (κ2) is 4.60. The van der Waals surface area contributed by atoms with Crippen LogP contribution in [0.25, 0.3) is 0 Å². The topological polar surface area (TPSA) is 46.3 Å². The van der Waals surface area contributed by atoms with E-state index in [9.17, 15) is 4.79 Å². The molecule has 0 aromatic heterocycles. The Morgan fingerprint density at radius 3 is 2.79 bits per heavy atom. The van der Waals surface area contributed by atoms with E-state index in [2.05, 4.69) is 13.0 Å². The Hall–Kier alpha value is -0.830. The van der Waals surface area contributed by atoms with Gasteiger partial charge in [0.15, 0.2) is 0 Å². The van der Waals surface area contributed by atoms with Crippen molar-refractivity contribution in [2.45, 2.75) is 38.6 Å². The number of hydrogen-bond donors (Lipinski definition) is 1. The van der Waals surface area contributed by atoms with Crippen molar-refractivity contribution < 1.29 is 4.79 Å². The van der Waals surface area contributed by atoms with Crippen molar-refractivity contribution in [2.75, 3.05) is 13.1 Å². The quantitative estimate of drug-likeness (QED) is 0.691. The highest BCUT2D eigenvalue weighted by atomic mass is 16.2. The first-order valence-corrected chi connectivity index (χ1v) is 5.31. The van der Waals surface area contributed by atoms with E-state index < -0.39 is 5.54 Å². The van der Waals surface area contributed by atoms with Gasteiger partial charge in [-0.2, -0.15) is 0 Å². The molecule has 0 spiro atoms. The van der Waals surface area contributed by atoms with Crippen LogP contribution < -0.4 is 5.73 Å². The van der Waals surface area contributed by atoms with Gasteiger partial charge in [0.25, 0.3) is 0 Å². The van der Waals surface area contributed by atoms with Gasteiger partial charge in [-0.25, -0.2) is 0 Å². The van der Waals surface area contributed by atoms with Crippen molar-refractivity contribution in [1.82, 2.24) is 4.90 Å². The standard InChI is InChI=1S/C11H20N2O/c1-3-7-11(2,12)10(14)13-8-5-4-6-9-13/h4-5H,3,6-9,12H2,1-2H3. The summed E-state index contributed by atoms with van der Waals surface area (Å²) in [5.41, 5.74) is 5.31. The second-order valence-electron chi connectivity index (χ2n) is 4.18. The molecule has 0 radical (unpaired) electrons.